The number of aromatic nitrogens is 1. The molecule has 0 bridgehead atoms. The van der Waals surface area contributed by atoms with E-state index in [1.807, 2.05) is 31.2 Å². The molecule has 1 aliphatic heterocycles. The third-order valence-electron chi connectivity index (χ3n) is 3.85. The number of benzene rings is 1. The van der Waals surface area contributed by atoms with E-state index in [-0.39, 0.29) is 10.1 Å². The van der Waals surface area contributed by atoms with E-state index in [9.17, 15) is 13.2 Å². The summed E-state index contributed by atoms with van der Waals surface area (Å²) < 4.78 is 22.5. The lowest BCUT2D eigenvalue weighted by Gasteiger charge is -2.17. The minimum Gasteiger partial charge on any atom is -0.350 e. The Labute approximate surface area is 144 Å². The predicted octanol–water partition coefficient (Wildman–Crippen LogP) is 1.31. The van der Waals surface area contributed by atoms with Crippen LogP contribution >= 0.6 is 11.3 Å². The van der Waals surface area contributed by atoms with Gasteiger partial charge in [-0.15, -0.1) is 0 Å². The molecule has 7 nitrogen and oxygen atoms in total. The molecule has 0 spiro atoms. The van der Waals surface area contributed by atoms with Gasteiger partial charge in [0, 0.05) is 13.1 Å². The summed E-state index contributed by atoms with van der Waals surface area (Å²) in [5.41, 5.74) is 2.26. The molecule has 0 aliphatic carbocycles. The summed E-state index contributed by atoms with van der Waals surface area (Å²) in [4.78, 5) is 18.2. The van der Waals surface area contributed by atoms with Crippen molar-refractivity contribution in [3.05, 3.63) is 41.6 Å². The van der Waals surface area contributed by atoms with Crippen molar-refractivity contribution in [1.82, 2.24) is 9.88 Å². The summed E-state index contributed by atoms with van der Waals surface area (Å²) >= 11 is 0.930. The number of nitrogens with two attached hydrogens (primary N) is 1. The van der Waals surface area contributed by atoms with Crippen LogP contribution in [0.2, 0.25) is 0 Å². The van der Waals surface area contributed by atoms with Crippen LogP contribution in [0.25, 0.3) is 0 Å². The van der Waals surface area contributed by atoms with Crippen LogP contribution in [0, 0.1) is 6.92 Å². The van der Waals surface area contributed by atoms with Gasteiger partial charge in [-0.3, -0.25) is 4.79 Å². The normalized spacial score (nSPS) is 18.2. The van der Waals surface area contributed by atoms with Gasteiger partial charge < -0.3 is 10.2 Å². The van der Waals surface area contributed by atoms with Crippen molar-refractivity contribution in [2.45, 2.75) is 30.1 Å². The number of hydrogen-bond donors (Lipinski definition) is 2. The quantitative estimate of drug-likeness (QED) is 0.830. The molecule has 0 radical (unpaired) electrons. The molecule has 1 aromatic carbocycles. The summed E-state index contributed by atoms with van der Waals surface area (Å²) in [6, 6.07) is 7.69. The fourth-order valence-electron chi connectivity index (χ4n) is 2.55. The summed E-state index contributed by atoms with van der Waals surface area (Å²) in [7, 11) is -3.76. The maximum atomic E-state index is 12.5. The summed E-state index contributed by atoms with van der Waals surface area (Å²) in [5.74, 6) is -0.0112. The average Bonchev–Trinajstić information content (AvgIpc) is 3.11. The molecule has 128 valence electrons. The fraction of sp³-hybridized carbons (Fsp3) is 0.333. The van der Waals surface area contributed by atoms with Crippen molar-refractivity contribution in [2.75, 3.05) is 11.9 Å². The number of carbonyl (C=O) groups excluding carboxylic acids is 1. The van der Waals surface area contributed by atoms with Crippen molar-refractivity contribution >= 4 is 32.4 Å². The second kappa shape index (κ2) is 6.50. The molecule has 1 fully saturated rings. The molecule has 1 atom stereocenters. The molecule has 1 amide bonds. The number of nitrogens with zero attached hydrogens (tertiary/aromatic N) is 2. The van der Waals surface area contributed by atoms with Gasteiger partial charge in [0.25, 0.3) is 0 Å². The SMILES string of the molecule is Cc1ccc(CN2CCC(Nc3ncc(S(N)(=O)=O)s3)C2=O)cc1. The number of carbonyl (C=O) groups is 1. The van der Waals surface area contributed by atoms with Crippen molar-refractivity contribution in [1.29, 1.82) is 0 Å². The minimum atomic E-state index is -3.76. The molecular weight excluding hydrogens is 348 g/mol. The highest BCUT2D eigenvalue weighted by Crippen LogP contribution is 2.25. The predicted molar refractivity (Wildman–Crippen MR) is 92.1 cm³/mol. The summed E-state index contributed by atoms with van der Waals surface area (Å²) in [6.45, 7) is 3.24. The molecule has 24 heavy (non-hydrogen) atoms. The highest BCUT2D eigenvalue weighted by atomic mass is 32.2. The molecule has 2 heterocycles. The van der Waals surface area contributed by atoms with Crippen LogP contribution in [0.4, 0.5) is 5.13 Å². The maximum absolute atomic E-state index is 12.5. The topological polar surface area (TPSA) is 105 Å². The first-order chi connectivity index (χ1) is 11.3. The molecule has 1 aromatic heterocycles. The number of amides is 1. The lowest BCUT2D eigenvalue weighted by molar-refractivity contribution is -0.128. The number of anilines is 1. The number of sulfonamides is 1. The van der Waals surface area contributed by atoms with E-state index in [0.29, 0.717) is 24.6 Å². The van der Waals surface area contributed by atoms with Crippen molar-refractivity contribution in [3.63, 3.8) is 0 Å². The second-order valence-electron chi connectivity index (χ2n) is 5.76. The first kappa shape index (κ1) is 16.9. The van der Waals surface area contributed by atoms with Gasteiger partial charge in [0.15, 0.2) is 9.34 Å². The van der Waals surface area contributed by atoms with Gasteiger partial charge in [-0.25, -0.2) is 18.5 Å². The molecule has 9 heteroatoms. The van der Waals surface area contributed by atoms with Crippen molar-refractivity contribution in [3.8, 4) is 0 Å². The number of rotatable bonds is 5. The Balaban J connectivity index is 1.63. The van der Waals surface area contributed by atoms with Gasteiger partial charge in [-0.1, -0.05) is 41.2 Å². The maximum Gasteiger partial charge on any atom is 0.249 e. The van der Waals surface area contributed by atoms with Gasteiger partial charge in [-0.2, -0.15) is 0 Å². The molecule has 3 N–H and O–H groups in total. The zero-order valence-corrected chi connectivity index (χ0v) is 14.7. The first-order valence-corrected chi connectivity index (χ1v) is 9.79. The van der Waals surface area contributed by atoms with Crippen LogP contribution in [0.5, 0.6) is 0 Å². The largest absolute Gasteiger partial charge is 0.350 e. The number of thiazole rings is 1. The summed E-state index contributed by atoms with van der Waals surface area (Å²) in [5, 5.41) is 8.45. The van der Waals surface area contributed by atoms with E-state index in [1.165, 1.54) is 11.8 Å². The van der Waals surface area contributed by atoms with E-state index in [1.54, 1.807) is 4.90 Å². The van der Waals surface area contributed by atoms with Gasteiger partial charge in [0.2, 0.25) is 15.9 Å². The number of aryl methyl sites for hydroxylation is 1. The van der Waals surface area contributed by atoms with Crippen LogP contribution in [0.15, 0.2) is 34.7 Å². The second-order valence-corrected chi connectivity index (χ2v) is 8.58. The fourth-order valence-corrected chi connectivity index (χ4v) is 4.05. The zero-order valence-electron chi connectivity index (χ0n) is 13.1. The van der Waals surface area contributed by atoms with E-state index >= 15 is 0 Å². The van der Waals surface area contributed by atoms with Crippen LogP contribution in [0.1, 0.15) is 17.5 Å². The van der Waals surface area contributed by atoms with Gasteiger partial charge in [-0.05, 0) is 18.9 Å². The Morgan fingerprint density at radius 3 is 2.71 bits per heavy atom. The standard InChI is InChI=1S/C15H18N4O3S2/c1-10-2-4-11(5-3-10)9-19-7-6-12(14(19)20)18-15-17-8-13(23-15)24(16,21)22/h2-5,8,12H,6-7,9H2,1H3,(H,17,18)(H2,16,21,22). The van der Waals surface area contributed by atoms with E-state index in [0.717, 1.165) is 16.9 Å². The Kier molecular flexibility index (Phi) is 4.57. The Morgan fingerprint density at radius 2 is 2.08 bits per heavy atom. The van der Waals surface area contributed by atoms with Gasteiger partial charge >= 0.3 is 0 Å². The molecular formula is C15H18N4O3S2. The van der Waals surface area contributed by atoms with E-state index in [4.69, 9.17) is 5.14 Å². The molecule has 2 aromatic rings. The number of primary sulfonamides is 1. The molecule has 0 saturated carbocycles. The van der Waals surface area contributed by atoms with E-state index in [2.05, 4.69) is 10.3 Å². The van der Waals surface area contributed by atoms with Crippen LogP contribution in [-0.2, 0) is 21.4 Å². The first-order valence-electron chi connectivity index (χ1n) is 7.42. The van der Waals surface area contributed by atoms with Gasteiger partial charge in [0.05, 0.1) is 6.20 Å². The third-order valence-corrected chi connectivity index (χ3v) is 6.19. The number of nitrogens with one attached hydrogen (secondary N) is 1. The molecule has 1 saturated heterocycles. The lowest BCUT2D eigenvalue weighted by Crippen LogP contribution is -2.33. The number of likely N-dealkylation sites (tertiary alicyclic amines) is 1. The van der Waals surface area contributed by atoms with Crippen molar-refractivity contribution in [2.24, 2.45) is 5.14 Å². The Bertz CT molecular complexity index is 846. The highest BCUT2D eigenvalue weighted by molar-refractivity contribution is 7.91. The summed E-state index contributed by atoms with van der Waals surface area (Å²) in [6.07, 6.45) is 1.85. The molecule has 1 aliphatic rings. The molecule has 1 unspecified atom stereocenters. The van der Waals surface area contributed by atoms with Crippen molar-refractivity contribution < 1.29 is 13.2 Å². The monoisotopic (exact) mass is 366 g/mol. The van der Waals surface area contributed by atoms with Crippen LogP contribution in [-0.4, -0.2) is 36.8 Å². The van der Waals surface area contributed by atoms with Crippen LogP contribution in [0.3, 0.4) is 0 Å². The number of hydrogen-bond acceptors (Lipinski definition) is 6. The third kappa shape index (κ3) is 3.74. The van der Waals surface area contributed by atoms with E-state index < -0.39 is 16.1 Å². The Hall–Kier alpha value is -1.97. The van der Waals surface area contributed by atoms with Gasteiger partial charge in [0.1, 0.15) is 6.04 Å². The smallest absolute Gasteiger partial charge is 0.249 e. The average molecular weight is 366 g/mol. The lowest BCUT2D eigenvalue weighted by atomic mass is 10.1. The zero-order chi connectivity index (χ0) is 17.3. The molecule has 3 rings (SSSR count). The Morgan fingerprint density at radius 1 is 1.38 bits per heavy atom. The highest BCUT2D eigenvalue weighted by Gasteiger charge is 2.32. The van der Waals surface area contributed by atoms with Crippen LogP contribution < -0.4 is 10.5 Å². The minimum absolute atomic E-state index is 0.0112.